The number of alkyl halides is 1. The van der Waals surface area contributed by atoms with Crippen molar-refractivity contribution in [2.45, 2.75) is 64.8 Å². The lowest BCUT2D eigenvalue weighted by molar-refractivity contribution is -0.739. The minimum absolute atomic E-state index is 0.0490. The lowest BCUT2D eigenvalue weighted by Crippen LogP contribution is -2.41. The lowest BCUT2D eigenvalue weighted by atomic mass is 10.0. The van der Waals surface area contributed by atoms with Crippen LogP contribution in [0.3, 0.4) is 0 Å². The predicted molar refractivity (Wildman–Crippen MR) is 310 cm³/mol. The molecule has 0 saturated heterocycles. The molecule has 0 radical (unpaired) electrons. The van der Waals surface area contributed by atoms with Crippen molar-refractivity contribution in [2.24, 2.45) is 0 Å². The number of nitrogens with one attached hydrogen (secondary N) is 2. The molecule has 0 aliphatic rings. The molecule has 2 amide bonds. The zero-order chi connectivity index (χ0) is 59.5. The molecule has 5 N–H and O–H groups in total. The first-order chi connectivity index (χ1) is 41.2. The number of nitrogens with zero attached hydrogens (tertiary/aromatic N) is 5. The maximum absolute atomic E-state index is 12.6. The number of amides is 2. The van der Waals surface area contributed by atoms with Gasteiger partial charge >= 0.3 is 5.97 Å². The van der Waals surface area contributed by atoms with E-state index in [1.54, 1.807) is 34.7 Å². The van der Waals surface area contributed by atoms with E-state index in [4.69, 9.17) is 79.3 Å². The third-order valence-electron chi connectivity index (χ3n) is 12.2. The van der Waals surface area contributed by atoms with Gasteiger partial charge in [0, 0.05) is 49.0 Å². The molecule has 0 spiro atoms. The summed E-state index contributed by atoms with van der Waals surface area (Å²) in [5, 5.41) is 27.4. The van der Waals surface area contributed by atoms with Crippen molar-refractivity contribution in [3.63, 3.8) is 0 Å². The summed E-state index contributed by atoms with van der Waals surface area (Å²) in [6, 6.07) is 24.3. The van der Waals surface area contributed by atoms with Crippen molar-refractivity contribution in [1.82, 2.24) is 30.7 Å². The van der Waals surface area contributed by atoms with Crippen molar-refractivity contribution in [2.75, 3.05) is 151 Å². The Balaban J connectivity index is 0.722. The fourth-order valence-electron chi connectivity index (χ4n) is 7.74. The van der Waals surface area contributed by atoms with Crippen LogP contribution in [-0.2, 0) is 96.0 Å². The van der Waals surface area contributed by atoms with Crippen LogP contribution in [0.25, 0.3) is 11.3 Å². The molecule has 0 bridgehead atoms. The summed E-state index contributed by atoms with van der Waals surface area (Å²) in [5.74, 6) is 1.40. The number of carbonyl (C=O) groups is 3. The predicted octanol–water partition coefficient (Wildman–Crippen LogP) is 4.64. The number of methoxy groups -OCH3 is 1. The van der Waals surface area contributed by atoms with Crippen LogP contribution in [-0.4, -0.2) is 188 Å². The van der Waals surface area contributed by atoms with Gasteiger partial charge in [-0.3, -0.25) is 20.1 Å². The monoisotopic (exact) mass is 1200 g/mol. The van der Waals surface area contributed by atoms with E-state index in [1.165, 1.54) is 5.56 Å². The van der Waals surface area contributed by atoms with Gasteiger partial charge in [0.2, 0.25) is 5.91 Å². The lowest BCUT2D eigenvalue weighted by Gasteiger charge is -2.11. The Morgan fingerprint density at radius 2 is 1.26 bits per heavy atom. The number of carboxylic acid groups (broad SMARTS) is 1. The first-order valence-corrected chi connectivity index (χ1v) is 28.9. The quantitative estimate of drug-likeness (QED) is 0.0179. The molecule has 462 valence electrons. The highest BCUT2D eigenvalue weighted by atomic mass is 35.5. The van der Waals surface area contributed by atoms with Crippen LogP contribution in [0.2, 0.25) is 0 Å². The molecule has 84 heavy (non-hydrogen) atoms. The molecule has 5 rings (SSSR count). The highest BCUT2D eigenvalue weighted by molar-refractivity contribution is 6.17. The summed E-state index contributed by atoms with van der Waals surface area (Å²) < 4.78 is 70.4. The third-order valence-corrected chi connectivity index (χ3v) is 12.5. The number of ether oxygens (including phenoxy) is 12. The topological polar surface area (TPSA) is 280 Å². The number of hydrogen-bond donors (Lipinski definition) is 4. The van der Waals surface area contributed by atoms with Gasteiger partial charge in [-0.2, -0.15) is 0 Å². The fourth-order valence-corrected chi connectivity index (χ4v) is 7.87. The van der Waals surface area contributed by atoms with Crippen molar-refractivity contribution in [3.8, 4) is 22.8 Å². The summed E-state index contributed by atoms with van der Waals surface area (Å²) in [4.78, 5) is 35.8. The Morgan fingerprint density at radius 3 is 1.92 bits per heavy atom. The summed E-state index contributed by atoms with van der Waals surface area (Å²) in [6.07, 6.45) is 5.04. The average Bonchev–Trinajstić information content (AvgIpc) is 4.09. The number of halogens is 1. The maximum atomic E-state index is 12.6. The van der Waals surface area contributed by atoms with Gasteiger partial charge in [0.1, 0.15) is 29.4 Å². The number of hydrogen-bond acceptors (Lipinski definition) is 19. The standard InChI is InChI=1S/C59H83ClN8O16/c1-73-55-42-47(4-2-20-60)6-9-50(55)18-24-74-26-21-62-59(72)51-10-7-48(8-11-51)43-63-57(69)19-25-75-28-29-76-27-23-67-44-52(64-66-67)45-82-40-38-80-36-34-78-32-30-77-31-33-79-35-37-81-39-41-83-46-84-53-14-12-49(13-15-53)54-16-17-56(61)68(65-54)22-3-5-58(70)71/h6-17,42,44,61H,2-5,18-41,43,45-46H2,1H3,(H3,62,63,69,70,71,72)/p+1. The van der Waals surface area contributed by atoms with Crippen LogP contribution in [0.5, 0.6) is 11.5 Å². The summed E-state index contributed by atoms with van der Waals surface area (Å²) in [7, 11) is 1.67. The fraction of sp³-hybridized carbons (Fsp3) is 0.542. The Labute approximate surface area is 496 Å². The molecule has 0 aliphatic heterocycles. The summed E-state index contributed by atoms with van der Waals surface area (Å²) in [5.41, 5.74) is 12.0. The Kier molecular flexibility index (Phi) is 35.2. The second-order valence-electron chi connectivity index (χ2n) is 18.7. The van der Waals surface area contributed by atoms with E-state index in [9.17, 15) is 14.4 Å². The Morgan fingerprint density at radius 1 is 0.643 bits per heavy atom. The zero-order valence-electron chi connectivity index (χ0n) is 48.3. The number of rotatable bonds is 50. The van der Waals surface area contributed by atoms with Crippen LogP contribution in [0.4, 0.5) is 5.82 Å². The second kappa shape index (κ2) is 43.2. The van der Waals surface area contributed by atoms with E-state index in [0.29, 0.717) is 192 Å². The number of carboxylic acids is 1. The number of aliphatic carboxylic acids is 1. The molecule has 24 nitrogen and oxygen atoms in total. The first kappa shape index (κ1) is 68.4. The maximum Gasteiger partial charge on any atom is 0.303 e. The number of carbonyl (C=O) groups excluding carboxylic acids is 2. The van der Waals surface area contributed by atoms with Gasteiger partial charge in [0.15, 0.2) is 6.79 Å². The number of nitrogen functional groups attached to an aromatic ring is 1. The van der Waals surface area contributed by atoms with Gasteiger partial charge in [0.05, 0.1) is 145 Å². The van der Waals surface area contributed by atoms with Gasteiger partial charge in [-0.1, -0.05) is 34.6 Å². The largest absolute Gasteiger partial charge is 0.496 e. The van der Waals surface area contributed by atoms with Crippen LogP contribution >= 0.6 is 11.6 Å². The normalized spacial score (nSPS) is 11.3. The van der Waals surface area contributed by atoms with Crippen molar-refractivity contribution in [1.29, 1.82) is 0 Å². The third kappa shape index (κ3) is 29.9. The zero-order valence-corrected chi connectivity index (χ0v) is 49.0. The van der Waals surface area contributed by atoms with E-state index < -0.39 is 5.97 Å². The minimum Gasteiger partial charge on any atom is -0.496 e. The summed E-state index contributed by atoms with van der Waals surface area (Å²) >= 11 is 5.82. The Bertz CT molecular complexity index is 2580. The van der Waals surface area contributed by atoms with E-state index in [-0.39, 0.29) is 38.1 Å². The number of nitrogens with two attached hydrogens (primary N) is 1. The van der Waals surface area contributed by atoms with Crippen molar-refractivity contribution < 1.29 is 81.0 Å². The number of aromatic nitrogens is 5. The smallest absolute Gasteiger partial charge is 0.303 e. The minimum atomic E-state index is -0.853. The number of aryl methyl sites for hydroxylation is 2. The molecule has 0 saturated carbocycles. The van der Waals surface area contributed by atoms with Crippen LogP contribution in [0.1, 0.15) is 58.4 Å². The molecule has 0 unspecified atom stereocenters. The SMILES string of the molecule is COc1cc(CCCCl)ccc1CCOCCNC(=O)c1ccc(CNC(=O)CCOCCOCCn2cc(COCCOCCOCCOCCOCCOCCOCOc3ccc(-c4ccc(N)[n+](CCCC(=O)O)n4)cc3)nn2)cc1. The summed E-state index contributed by atoms with van der Waals surface area (Å²) in [6.45, 7) is 9.48. The van der Waals surface area contributed by atoms with Gasteiger partial charge in [-0.05, 0) is 90.9 Å². The van der Waals surface area contributed by atoms with Gasteiger partial charge in [0.25, 0.3) is 11.7 Å². The highest BCUT2D eigenvalue weighted by Gasteiger charge is 2.13. The molecule has 0 aliphatic carbocycles. The van der Waals surface area contributed by atoms with Gasteiger partial charge in [-0.25, -0.2) is 4.68 Å². The molecule has 0 fully saturated rings. The Hall–Kier alpha value is -6.42. The second-order valence-corrected chi connectivity index (χ2v) is 19.0. The van der Waals surface area contributed by atoms with Crippen molar-refractivity contribution >= 4 is 35.2 Å². The van der Waals surface area contributed by atoms with Crippen LogP contribution in [0.15, 0.2) is 85.1 Å². The molecule has 3 aromatic carbocycles. The van der Waals surface area contributed by atoms with E-state index in [0.717, 1.165) is 35.3 Å². The van der Waals surface area contributed by atoms with E-state index >= 15 is 0 Å². The van der Waals surface area contributed by atoms with Crippen molar-refractivity contribution in [3.05, 3.63) is 113 Å². The van der Waals surface area contributed by atoms with Gasteiger partial charge in [-0.15, -0.1) is 21.4 Å². The molecular formula is C59H84ClN8O16+. The number of benzene rings is 3. The van der Waals surface area contributed by atoms with Gasteiger partial charge < -0.3 is 72.6 Å². The van der Waals surface area contributed by atoms with E-state index in [2.05, 4.69) is 44.2 Å². The highest BCUT2D eigenvalue weighted by Crippen LogP contribution is 2.23. The van der Waals surface area contributed by atoms with E-state index in [1.807, 2.05) is 48.7 Å². The molecule has 0 atom stereocenters. The average molecular weight is 1200 g/mol. The van der Waals surface area contributed by atoms with Crippen LogP contribution < -0.4 is 30.5 Å². The molecule has 25 heteroatoms. The molecule has 2 aromatic heterocycles. The molecule has 5 aromatic rings. The van der Waals surface area contributed by atoms with Crippen LogP contribution in [0, 0.1) is 0 Å². The molecule has 2 heterocycles. The molecular weight excluding hydrogens is 1110 g/mol. The first-order valence-electron chi connectivity index (χ1n) is 28.3. The number of anilines is 1.